The van der Waals surface area contributed by atoms with Gasteiger partial charge in [0.2, 0.25) is 35.4 Å². The summed E-state index contributed by atoms with van der Waals surface area (Å²) in [6.07, 6.45) is -0.850. The molecule has 0 radical (unpaired) electrons. The van der Waals surface area contributed by atoms with E-state index in [2.05, 4.69) is 31.9 Å². The van der Waals surface area contributed by atoms with E-state index in [0.29, 0.717) is 19.4 Å². The Kier molecular flexibility index (Phi) is 24.7. The fraction of sp³-hybridized carbons (Fsp3) is 0.643. The van der Waals surface area contributed by atoms with Gasteiger partial charge in [-0.2, -0.15) is 13.2 Å². The number of halogens is 3. The minimum absolute atomic E-state index is 0.0352. The molecule has 6 amide bonds. The molecule has 0 unspecified atom stereocenters. The molecule has 0 aliphatic carbocycles. The number of hydrogen-bond donors (Lipinski definition) is 7. The summed E-state index contributed by atoms with van der Waals surface area (Å²) in [6, 6.07) is 4.90. The molecule has 0 spiro atoms. The number of carbonyl (C=O) groups is 7. The van der Waals surface area contributed by atoms with Crippen LogP contribution in [0.5, 0.6) is 0 Å². The van der Waals surface area contributed by atoms with Crippen LogP contribution in [-0.2, 0) is 40.1 Å². The van der Waals surface area contributed by atoms with Crippen LogP contribution in [0.2, 0.25) is 0 Å². The number of amides is 6. The molecule has 0 aromatic heterocycles. The topological polar surface area (TPSA) is 215 Å². The fourth-order valence-corrected chi connectivity index (χ4v) is 5.81. The van der Waals surface area contributed by atoms with E-state index in [-0.39, 0.29) is 35.5 Å². The molecule has 15 nitrogen and oxygen atoms in total. The molecule has 0 aliphatic heterocycles. The van der Waals surface area contributed by atoms with Gasteiger partial charge in [-0.15, -0.1) is 0 Å². The Morgan fingerprint density at radius 2 is 1.18 bits per heavy atom. The Morgan fingerprint density at radius 3 is 1.62 bits per heavy atom. The third-order valence-electron chi connectivity index (χ3n) is 9.15. The van der Waals surface area contributed by atoms with Crippen molar-refractivity contribution in [3.05, 3.63) is 48.0 Å². The monoisotopic (exact) mass is 856 g/mol. The second-order valence-electron chi connectivity index (χ2n) is 16.3. The lowest BCUT2D eigenvalue weighted by Crippen LogP contribution is -2.59. The maximum atomic E-state index is 13.7. The lowest BCUT2D eigenvalue weighted by molar-refractivity contribution is -0.192. The number of rotatable bonds is 22. The Hall–Kier alpha value is -5.00. The average molecular weight is 856 g/mol. The number of hydrogen-bond acceptors (Lipinski definition) is 8. The highest BCUT2D eigenvalue weighted by atomic mass is 19.4. The number of likely N-dealkylation sites (N-methyl/N-ethyl adjacent to an activating group) is 1. The fourth-order valence-electron chi connectivity index (χ4n) is 5.81. The number of benzene rings is 1. The summed E-state index contributed by atoms with van der Waals surface area (Å²) in [5.74, 6) is -5.38. The zero-order chi connectivity index (χ0) is 46.5. The van der Waals surface area contributed by atoms with Gasteiger partial charge in [0.25, 0.3) is 0 Å². The number of carboxylic acid groups (broad SMARTS) is 1. The van der Waals surface area contributed by atoms with E-state index in [0.717, 1.165) is 12.0 Å². The number of alkyl halides is 3. The molecule has 340 valence electrons. The molecule has 1 rings (SSSR count). The van der Waals surface area contributed by atoms with Crippen LogP contribution in [-0.4, -0.2) is 108 Å². The molecule has 7 N–H and O–H groups in total. The molecule has 7 atom stereocenters. The maximum Gasteiger partial charge on any atom is 0.490 e. The predicted molar refractivity (Wildman–Crippen MR) is 223 cm³/mol. The molecule has 0 saturated heterocycles. The predicted octanol–water partition coefficient (Wildman–Crippen LogP) is 3.68. The number of carboxylic acids is 1. The van der Waals surface area contributed by atoms with Gasteiger partial charge in [0.15, 0.2) is 0 Å². The van der Waals surface area contributed by atoms with Crippen molar-refractivity contribution in [1.29, 1.82) is 0 Å². The van der Waals surface area contributed by atoms with Crippen LogP contribution >= 0.6 is 0 Å². The smallest absolute Gasteiger partial charge is 0.475 e. The molecule has 1 aromatic rings. The number of nitrogens with zero attached hydrogens (tertiary/aromatic N) is 1. The van der Waals surface area contributed by atoms with E-state index < -0.39 is 72.0 Å². The molecule has 0 saturated carbocycles. The standard InChI is InChI=1S/C40H67N7O6.C2HF3O2/c1-13-27(8)35(47(11)12)40(53)45-31(21-24(2)3)37(50)44-32(22-25(4)5)38(51)46-34(26(6)7)39(52)42-28(9)19-20-33(48)43-29(10)36(49)41-23-30-17-15-14-16-18-30;3-2(4,5)1(6)7/h14-20,24-29,31-32,34-35H,13,21-23H2,1-12H3,(H,41,49)(H,42,52)(H,43,48)(H,44,50)(H,45,53)(H,46,51);(H,6,7)/b20-19+;/t27-,28-,29-,31-,32-,34-,35-;/m0./s1. The largest absolute Gasteiger partial charge is 0.490 e. The van der Waals surface area contributed by atoms with Crippen molar-refractivity contribution < 1.29 is 51.8 Å². The van der Waals surface area contributed by atoms with Crippen LogP contribution in [0.3, 0.4) is 0 Å². The van der Waals surface area contributed by atoms with Gasteiger partial charge >= 0.3 is 12.1 Å². The maximum absolute atomic E-state index is 13.7. The van der Waals surface area contributed by atoms with Gasteiger partial charge in [-0.1, -0.05) is 98.2 Å². The molecule has 0 fully saturated rings. The summed E-state index contributed by atoms with van der Waals surface area (Å²) < 4.78 is 31.7. The van der Waals surface area contributed by atoms with Crippen molar-refractivity contribution in [1.82, 2.24) is 36.8 Å². The molecule has 18 heteroatoms. The van der Waals surface area contributed by atoms with Crippen molar-refractivity contribution in [2.45, 2.75) is 137 Å². The first-order chi connectivity index (χ1) is 27.7. The normalized spacial score (nSPS) is 15.1. The summed E-state index contributed by atoms with van der Waals surface area (Å²) in [5.41, 5.74) is 0.937. The molecule has 0 bridgehead atoms. The van der Waals surface area contributed by atoms with E-state index in [1.807, 2.05) is 90.9 Å². The van der Waals surface area contributed by atoms with E-state index in [1.165, 1.54) is 12.2 Å². The summed E-state index contributed by atoms with van der Waals surface area (Å²) in [7, 11) is 3.67. The van der Waals surface area contributed by atoms with Gasteiger partial charge in [0.1, 0.15) is 24.2 Å². The van der Waals surface area contributed by atoms with Crippen LogP contribution < -0.4 is 31.9 Å². The summed E-state index contributed by atoms with van der Waals surface area (Å²) >= 11 is 0. The second kappa shape index (κ2) is 27.0. The van der Waals surface area contributed by atoms with Crippen molar-refractivity contribution in [2.24, 2.45) is 23.7 Å². The third-order valence-corrected chi connectivity index (χ3v) is 9.15. The van der Waals surface area contributed by atoms with Crippen LogP contribution in [0, 0.1) is 23.7 Å². The van der Waals surface area contributed by atoms with E-state index in [1.54, 1.807) is 27.7 Å². The summed E-state index contributed by atoms with van der Waals surface area (Å²) in [4.78, 5) is 89.9. The zero-order valence-electron chi connectivity index (χ0n) is 37.0. The van der Waals surface area contributed by atoms with Gasteiger partial charge in [-0.25, -0.2) is 4.79 Å². The van der Waals surface area contributed by atoms with Crippen LogP contribution in [0.1, 0.15) is 94.1 Å². The van der Waals surface area contributed by atoms with Gasteiger partial charge in [0.05, 0.1) is 6.04 Å². The van der Waals surface area contributed by atoms with Crippen molar-refractivity contribution >= 4 is 41.4 Å². The van der Waals surface area contributed by atoms with E-state index >= 15 is 0 Å². The Morgan fingerprint density at radius 1 is 0.700 bits per heavy atom. The summed E-state index contributed by atoms with van der Waals surface area (Å²) in [5, 5.41) is 24.0. The Balaban J connectivity index is 0.00000453. The highest BCUT2D eigenvalue weighted by Crippen LogP contribution is 2.16. The minimum atomic E-state index is -5.08. The van der Waals surface area contributed by atoms with Crippen molar-refractivity contribution in [2.75, 3.05) is 14.1 Å². The lowest BCUT2D eigenvalue weighted by Gasteiger charge is -2.31. The highest BCUT2D eigenvalue weighted by Gasteiger charge is 2.38. The first-order valence-electron chi connectivity index (χ1n) is 20.2. The lowest BCUT2D eigenvalue weighted by atomic mass is 9.95. The molecular formula is C42H68F3N7O8. The quantitative estimate of drug-likeness (QED) is 0.0847. The zero-order valence-corrected chi connectivity index (χ0v) is 37.0. The van der Waals surface area contributed by atoms with E-state index in [4.69, 9.17) is 9.90 Å². The van der Waals surface area contributed by atoms with E-state index in [9.17, 15) is 41.9 Å². The number of nitrogens with one attached hydrogen (secondary N) is 6. The van der Waals surface area contributed by atoms with Crippen molar-refractivity contribution in [3.63, 3.8) is 0 Å². The molecule has 0 heterocycles. The SMILES string of the molecule is CC[C@H](C)[C@@H](C(=O)N[C@@H](CC(C)C)C(=O)N[C@@H](CC(C)C)C(=O)N[C@H](C(=O)N[C@@H](C)/C=C/C(=O)N[C@@H](C)C(=O)NCc1ccccc1)C(C)C)N(C)C.O=C(O)C(F)(F)F. The highest BCUT2D eigenvalue weighted by molar-refractivity contribution is 5.95. The van der Waals surface area contributed by atoms with Gasteiger partial charge in [-0.05, 0) is 70.0 Å². The molecule has 0 aliphatic rings. The summed E-state index contributed by atoms with van der Waals surface area (Å²) in [6.45, 7) is 19.0. The van der Waals surface area contributed by atoms with Crippen LogP contribution in [0.15, 0.2) is 42.5 Å². The Labute approximate surface area is 352 Å². The number of carbonyl (C=O) groups excluding carboxylic acids is 6. The van der Waals surface area contributed by atoms with Gasteiger partial charge < -0.3 is 37.0 Å². The van der Waals surface area contributed by atoms with Crippen LogP contribution in [0.4, 0.5) is 13.2 Å². The minimum Gasteiger partial charge on any atom is -0.475 e. The first-order valence-corrected chi connectivity index (χ1v) is 20.2. The Bertz CT molecular complexity index is 1570. The van der Waals surface area contributed by atoms with Crippen molar-refractivity contribution in [3.8, 4) is 0 Å². The number of aliphatic carboxylic acids is 1. The first kappa shape index (κ1) is 55.0. The molecular weight excluding hydrogens is 787 g/mol. The second-order valence-corrected chi connectivity index (χ2v) is 16.3. The van der Waals surface area contributed by atoms with Gasteiger partial charge in [0, 0.05) is 18.7 Å². The van der Waals surface area contributed by atoms with Gasteiger partial charge in [-0.3, -0.25) is 33.7 Å². The third kappa shape index (κ3) is 21.8. The molecule has 60 heavy (non-hydrogen) atoms. The van der Waals surface area contributed by atoms with Crippen LogP contribution in [0.25, 0.3) is 0 Å². The average Bonchev–Trinajstić information content (AvgIpc) is 3.13. The molecule has 1 aromatic carbocycles.